The second-order valence-corrected chi connectivity index (χ2v) is 5.63. The Labute approximate surface area is 138 Å². The third kappa shape index (κ3) is 3.73. The Kier molecular flexibility index (Phi) is 4.77. The predicted octanol–water partition coefficient (Wildman–Crippen LogP) is 1.01. The molecule has 1 N–H and O–H groups in total. The first-order valence-electron chi connectivity index (χ1n) is 7.73. The van der Waals surface area contributed by atoms with E-state index in [1.807, 2.05) is 24.3 Å². The lowest BCUT2D eigenvalue weighted by molar-refractivity contribution is 0.0679. The quantitative estimate of drug-likeness (QED) is 0.884. The molecule has 0 saturated carbocycles. The summed E-state index contributed by atoms with van der Waals surface area (Å²) in [5.41, 5.74) is -0.446. The molecule has 0 radical (unpaired) electrons. The van der Waals surface area contributed by atoms with Crippen LogP contribution < -0.4 is 16.0 Å². The molecule has 1 atom stereocenters. The number of nitriles is 1. The maximum atomic E-state index is 11.8. The number of benzene rings is 1. The molecule has 2 heterocycles. The minimum atomic E-state index is -0.670. The molecule has 0 spiro atoms. The van der Waals surface area contributed by atoms with Gasteiger partial charge in [-0.3, -0.25) is 14.3 Å². The zero-order chi connectivity index (χ0) is 16.9. The molecule has 0 bridgehead atoms. The van der Waals surface area contributed by atoms with Gasteiger partial charge in [0.2, 0.25) is 0 Å². The van der Waals surface area contributed by atoms with Crippen molar-refractivity contribution >= 4 is 0 Å². The van der Waals surface area contributed by atoms with E-state index in [2.05, 4.69) is 4.98 Å². The minimum Gasteiger partial charge on any atom is -0.491 e. The first kappa shape index (κ1) is 16.0. The van der Waals surface area contributed by atoms with Gasteiger partial charge < -0.3 is 9.47 Å². The molecule has 7 heteroatoms. The summed E-state index contributed by atoms with van der Waals surface area (Å²) in [6.07, 6.45) is 3.53. The van der Waals surface area contributed by atoms with Gasteiger partial charge in [-0.1, -0.05) is 12.1 Å². The Morgan fingerprint density at radius 3 is 2.79 bits per heavy atom. The Bertz CT molecular complexity index is 855. The van der Waals surface area contributed by atoms with Crippen molar-refractivity contribution in [2.75, 3.05) is 13.2 Å². The molecule has 1 saturated heterocycles. The topological polar surface area (TPSA) is 97.1 Å². The maximum absolute atomic E-state index is 11.8. The van der Waals surface area contributed by atoms with Crippen molar-refractivity contribution in [3.63, 3.8) is 0 Å². The second kappa shape index (κ2) is 7.15. The molecule has 1 fully saturated rings. The molecule has 1 aliphatic heterocycles. The Hall–Kier alpha value is -2.85. The maximum Gasteiger partial charge on any atom is 0.328 e. The van der Waals surface area contributed by atoms with Gasteiger partial charge in [0.1, 0.15) is 24.0 Å². The predicted molar refractivity (Wildman–Crippen MR) is 86.1 cm³/mol. The number of hydrogen-bond acceptors (Lipinski definition) is 5. The van der Waals surface area contributed by atoms with E-state index in [0.717, 1.165) is 30.8 Å². The van der Waals surface area contributed by atoms with E-state index in [-0.39, 0.29) is 18.2 Å². The van der Waals surface area contributed by atoms with Gasteiger partial charge in [0.25, 0.3) is 5.56 Å². The summed E-state index contributed by atoms with van der Waals surface area (Å²) in [6, 6.07) is 9.10. The second-order valence-electron chi connectivity index (χ2n) is 5.63. The zero-order valence-corrected chi connectivity index (χ0v) is 13.0. The van der Waals surface area contributed by atoms with Crippen LogP contribution in [0, 0.1) is 11.3 Å². The SMILES string of the molecule is N#Cc1cn(Cc2ccc(OCC3CCCO3)cc2)c(=O)[nH]c1=O. The first-order valence-corrected chi connectivity index (χ1v) is 7.73. The third-order valence-corrected chi connectivity index (χ3v) is 3.87. The molecule has 0 aliphatic carbocycles. The van der Waals surface area contributed by atoms with Crippen LogP contribution in [0.2, 0.25) is 0 Å². The molecule has 1 aromatic carbocycles. The molecule has 7 nitrogen and oxygen atoms in total. The van der Waals surface area contributed by atoms with E-state index in [9.17, 15) is 9.59 Å². The van der Waals surface area contributed by atoms with Crippen LogP contribution in [-0.4, -0.2) is 28.9 Å². The molecule has 24 heavy (non-hydrogen) atoms. The molecule has 1 aliphatic rings. The number of hydrogen-bond donors (Lipinski definition) is 1. The van der Waals surface area contributed by atoms with Crippen LogP contribution in [0.3, 0.4) is 0 Å². The van der Waals surface area contributed by atoms with Crippen molar-refractivity contribution in [3.05, 3.63) is 62.4 Å². The van der Waals surface area contributed by atoms with Crippen LogP contribution in [0.4, 0.5) is 0 Å². The van der Waals surface area contributed by atoms with E-state index < -0.39 is 11.2 Å². The lowest BCUT2D eigenvalue weighted by Gasteiger charge is -2.12. The Balaban J connectivity index is 1.67. The summed E-state index contributed by atoms with van der Waals surface area (Å²) in [5, 5.41) is 8.87. The molecule has 0 amide bonds. The van der Waals surface area contributed by atoms with Crippen LogP contribution >= 0.6 is 0 Å². The summed E-state index contributed by atoms with van der Waals surface area (Å²) in [4.78, 5) is 25.3. The number of ether oxygens (including phenoxy) is 2. The van der Waals surface area contributed by atoms with Crippen LogP contribution in [0.15, 0.2) is 40.1 Å². The zero-order valence-electron chi connectivity index (χ0n) is 13.0. The number of aromatic nitrogens is 2. The van der Waals surface area contributed by atoms with Crippen LogP contribution in [-0.2, 0) is 11.3 Å². The number of H-pyrrole nitrogens is 1. The fourth-order valence-electron chi connectivity index (χ4n) is 2.56. The molecule has 2 aromatic rings. The van der Waals surface area contributed by atoms with Gasteiger partial charge in [-0.05, 0) is 30.5 Å². The van der Waals surface area contributed by atoms with Gasteiger partial charge in [-0.2, -0.15) is 5.26 Å². The van der Waals surface area contributed by atoms with Gasteiger partial charge in [0, 0.05) is 12.8 Å². The molecule has 1 unspecified atom stereocenters. The van der Waals surface area contributed by atoms with Crippen molar-refractivity contribution in [2.24, 2.45) is 0 Å². The molecule has 124 valence electrons. The number of nitrogens with zero attached hydrogens (tertiary/aromatic N) is 2. The van der Waals surface area contributed by atoms with Crippen molar-refractivity contribution in [2.45, 2.75) is 25.5 Å². The highest BCUT2D eigenvalue weighted by atomic mass is 16.5. The number of aromatic amines is 1. The summed E-state index contributed by atoms with van der Waals surface area (Å²) in [5.74, 6) is 0.737. The Morgan fingerprint density at radius 2 is 2.12 bits per heavy atom. The third-order valence-electron chi connectivity index (χ3n) is 3.87. The average molecular weight is 327 g/mol. The van der Waals surface area contributed by atoms with E-state index in [1.165, 1.54) is 10.8 Å². The van der Waals surface area contributed by atoms with E-state index in [4.69, 9.17) is 14.7 Å². The monoisotopic (exact) mass is 327 g/mol. The molecule has 3 rings (SSSR count). The summed E-state index contributed by atoms with van der Waals surface area (Å²) < 4.78 is 12.5. The highest BCUT2D eigenvalue weighted by Crippen LogP contribution is 2.16. The van der Waals surface area contributed by atoms with Gasteiger partial charge in [0.15, 0.2) is 0 Å². The first-order chi connectivity index (χ1) is 11.7. The van der Waals surface area contributed by atoms with Crippen LogP contribution in [0.25, 0.3) is 0 Å². The number of nitrogens with one attached hydrogen (secondary N) is 1. The van der Waals surface area contributed by atoms with Crippen LogP contribution in [0.1, 0.15) is 24.0 Å². The smallest absolute Gasteiger partial charge is 0.328 e. The van der Waals surface area contributed by atoms with Crippen molar-refractivity contribution in [3.8, 4) is 11.8 Å². The van der Waals surface area contributed by atoms with E-state index in [1.54, 1.807) is 6.07 Å². The van der Waals surface area contributed by atoms with Crippen molar-refractivity contribution in [1.82, 2.24) is 9.55 Å². The van der Waals surface area contributed by atoms with Crippen molar-refractivity contribution < 1.29 is 9.47 Å². The summed E-state index contributed by atoms with van der Waals surface area (Å²) in [7, 11) is 0. The van der Waals surface area contributed by atoms with Gasteiger partial charge in [0.05, 0.1) is 12.6 Å². The summed E-state index contributed by atoms with van der Waals surface area (Å²) >= 11 is 0. The summed E-state index contributed by atoms with van der Waals surface area (Å²) in [6.45, 7) is 1.59. The lowest BCUT2D eigenvalue weighted by atomic mass is 10.2. The minimum absolute atomic E-state index is 0.0916. The van der Waals surface area contributed by atoms with Gasteiger partial charge >= 0.3 is 5.69 Å². The number of rotatable bonds is 5. The normalized spacial score (nSPS) is 16.7. The van der Waals surface area contributed by atoms with E-state index >= 15 is 0 Å². The Morgan fingerprint density at radius 1 is 1.33 bits per heavy atom. The standard InChI is InChI=1S/C17H17N3O4/c18-8-13-10-20(17(22)19-16(13)21)9-12-3-5-14(6-4-12)24-11-15-2-1-7-23-15/h3-6,10,15H,1-2,7,9,11H2,(H,19,21,22). The largest absolute Gasteiger partial charge is 0.491 e. The highest BCUT2D eigenvalue weighted by Gasteiger charge is 2.15. The van der Waals surface area contributed by atoms with Gasteiger partial charge in [-0.25, -0.2) is 4.79 Å². The fraction of sp³-hybridized carbons (Fsp3) is 0.353. The van der Waals surface area contributed by atoms with Gasteiger partial charge in [-0.15, -0.1) is 0 Å². The molecule has 1 aromatic heterocycles. The van der Waals surface area contributed by atoms with Crippen LogP contribution in [0.5, 0.6) is 5.75 Å². The molecular formula is C17H17N3O4. The van der Waals surface area contributed by atoms with Crippen molar-refractivity contribution in [1.29, 1.82) is 5.26 Å². The molecular weight excluding hydrogens is 310 g/mol. The fourth-order valence-corrected chi connectivity index (χ4v) is 2.56. The average Bonchev–Trinajstić information content (AvgIpc) is 3.10. The highest BCUT2D eigenvalue weighted by molar-refractivity contribution is 5.28. The van der Waals surface area contributed by atoms with E-state index in [0.29, 0.717) is 6.61 Å². The lowest BCUT2D eigenvalue weighted by Crippen LogP contribution is -2.31.